The molecule has 0 saturated carbocycles. The molecule has 0 saturated heterocycles. The highest BCUT2D eigenvalue weighted by atomic mass is 19.1. The van der Waals surface area contributed by atoms with E-state index in [0.29, 0.717) is 22.3 Å². The Bertz CT molecular complexity index is 1370. The average Bonchev–Trinajstić information content (AvgIpc) is 2.78. The lowest BCUT2D eigenvalue weighted by molar-refractivity contribution is 0.0698. The summed E-state index contributed by atoms with van der Waals surface area (Å²) in [7, 11) is 0. The zero-order valence-electron chi connectivity index (χ0n) is 17.6. The number of aromatic nitrogens is 1. The molecular weight excluding hydrogens is 405 g/mol. The molecule has 0 aliphatic carbocycles. The number of aromatic carboxylic acids is 1. The average molecular weight is 425 g/mol. The Labute approximate surface area is 184 Å². The number of benzene rings is 3. The van der Waals surface area contributed by atoms with E-state index in [1.165, 1.54) is 12.1 Å². The number of para-hydroxylation sites is 1. The molecule has 5 nitrogen and oxygen atoms in total. The summed E-state index contributed by atoms with van der Waals surface area (Å²) in [6.07, 6.45) is 0. The third kappa shape index (κ3) is 4.01. The normalized spacial score (nSPS) is 11.7. The van der Waals surface area contributed by atoms with Gasteiger partial charge in [0.05, 0.1) is 22.7 Å². The standard InChI is InChI=1S/C26H20FN3O2/c1-15-11-21(16(2)30-24-6-4-3-5-20(24)26(31)32)23-13-22(17-7-9-19(27)10-8-17)18(14-28)12-25(23)29-15/h3-13,16,30H,1-2H3,(H,31,32). The number of nitrogens with one attached hydrogen (secondary N) is 1. The SMILES string of the molecule is Cc1cc(C(C)Nc2ccccc2C(=O)O)c2cc(-c3ccc(F)cc3)c(C#N)cc2n1. The molecule has 0 aliphatic heterocycles. The molecule has 0 fully saturated rings. The monoisotopic (exact) mass is 425 g/mol. The van der Waals surface area contributed by atoms with Crippen molar-refractivity contribution >= 4 is 22.6 Å². The number of aryl methyl sites for hydroxylation is 1. The number of hydrogen-bond donors (Lipinski definition) is 2. The van der Waals surface area contributed by atoms with Crippen molar-refractivity contribution in [2.24, 2.45) is 0 Å². The van der Waals surface area contributed by atoms with Crippen LogP contribution in [-0.4, -0.2) is 16.1 Å². The van der Waals surface area contributed by atoms with Crippen LogP contribution < -0.4 is 5.32 Å². The van der Waals surface area contributed by atoms with E-state index in [1.54, 1.807) is 42.5 Å². The summed E-state index contributed by atoms with van der Waals surface area (Å²) in [5.74, 6) is -1.35. The topological polar surface area (TPSA) is 86.0 Å². The maximum absolute atomic E-state index is 13.4. The van der Waals surface area contributed by atoms with E-state index in [9.17, 15) is 19.6 Å². The number of halogens is 1. The van der Waals surface area contributed by atoms with Gasteiger partial charge in [0, 0.05) is 28.4 Å². The third-order valence-electron chi connectivity index (χ3n) is 5.38. The van der Waals surface area contributed by atoms with Crippen LogP contribution in [0.2, 0.25) is 0 Å². The Balaban J connectivity index is 1.86. The van der Waals surface area contributed by atoms with Gasteiger partial charge in [0.25, 0.3) is 0 Å². The first-order chi connectivity index (χ1) is 15.4. The Hall–Kier alpha value is -4.24. The smallest absolute Gasteiger partial charge is 0.337 e. The van der Waals surface area contributed by atoms with Gasteiger partial charge in [0.15, 0.2) is 0 Å². The summed E-state index contributed by atoms with van der Waals surface area (Å²) < 4.78 is 13.4. The maximum Gasteiger partial charge on any atom is 0.337 e. The fraction of sp³-hybridized carbons (Fsp3) is 0.115. The van der Waals surface area contributed by atoms with Crippen molar-refractivity contribution in [1.29, 1.82) is 5.26 Å². The Morgan fingerprint density at radius 3 is 2.53 bits per heavy atom. The highest BCUT2D eigenvalue weighted by Gasteiger charge is 2.17. The molecule has 32 heavy (non-hydrogen) atoms. The predicted molar refractivity (Wildman–Crippen MR) is 122 cm³/mol. The van der Waals surface area contributed by atoms with Gasteiger partial charge in [-0.25, -0.2) is 9.18 Å². The zero-order chi connectivity index (χ0) is 22.8. The molecule has 1 heterocycles. The predicted octanol–water partition coefficient (Wildman–Crippen LogP) is 6.09. The van der Waals surface area contributed by atoms with Crippen LogP contribution in [0.1, 0.15) is 40.1 Å². The van der Waals surface area contributed by atoms with Gasteiger partial charge < -0.3 is 10.4 Å². The van der Waals surface area contributed by atoms with Gasteiger partial charge >= 0.3 is 5.97 Å². The van der Waals surface area contributed by atoms with E-state index in [2.05, 4.69) is 16.4 Å². The molecule has 1 aromatic heterocycles. The number of anilines is 1. The lowest BCUT2D eigenvalue weighted by atomic mass is 9.94. The summed E-state index contributed by atoms with van der Waals surface area (Å²) >= 11 is 0. The second-order valence-corrected chi connectivity index (χ2v) is 7.60. The van der Waals surface area contributed by atoms with Crippen LogP contribution in [0.4, 0.5) is 10.1 Å². The van der Waals surface area contributed by atoms with Crippen molar-refractivity contribution in [2.45, 2.75) is 19.9 Å². The summed E-state index contributed by atoms with van der Waals surface area (Å²) in [4.78, 5) is 16.2. The van der Waals surface area contributed by atoms with Crippen molar-refractivity contribution in [2.75, 3.05) is 5.32 Å². The Morgan fingerprint density at radius 2 is 1.84 bits per heavy atom. The highest BCUT2D eigenvalue weighted by molar-refractivity contribution is 5.95. The first-order valence-electron chi connectivity index (χ1n) is 10.1. The largest absolute Gasteiger partial charge is 0.478 e. The van der Waals surface area contributed by atoms with Crippen molar-refractivity contribution in [3.63, 3.8) is 0 Å². The van der Waals surface area contributed by atoms with Crippen LogP contribution in [0.25, 0.3) is 22.0 Å². The Morgan fingerprint density at radius 1 is 1.12 bits per heavy atom. The molecule has 6 heteroatoms. The second kappa shape index (κ2) is 8.48. The third-order valence-corrected chi connectivity index (χ3v) is 5.38. The van der Waals surface area contributed by atoms with E-state index >= 15 is 0 Å². The first-order valence-corrected chi connectivity index (χ1v) is 10.1. The van der Waals surface area contributed by atoms with Gasteiger partial charge in [-0.15, -0.1) is 0 Å². The minimum absolute atomic E-state index is 0.188. The molecule has 4 aromatic rings. The van der Waals surface area contributed by atoms with Crippen LogP contribution >= 0.6 is 0 Å². The number of carboxylic acid groups (broad SMARTS) is 1. The van der Waals surface area contributed by atoms with Crippen molar-refractivity contribution in [3.8, 4) is 17.2 Å². The molecule has 1 unspecified atom stereocenters. The molecular formula is C26H20FN3O2. The zero-order valence-corrected chi connectivity index (χ0v) is 17.6. The highest BCUT2D eigenvalue weighted by Crippen LogP contribution is 2.33. The summed E-state index contributed by atoms with van der Waals surface area (Å²) in [6.45, 7) is 3.82. The van der Waals surface area contributed by atoms with E-state index in [0.717, 1.165) is 22.2 Å². The molecule has 1 atom stereocenters. The number of fused-ring (bicyclic) bond motifs is 1. The van der Waals surface area contributed by atoms with Crippen LogP contribution in [0, 0.1) is 24.1 Å². The number of nitrogens with zero attached hydrogens (tertiary/aromatic N) is 2. The quantitative estimate of drug-likeness (QED) is 0.404. The van der Waals surface area contributed by atoms with E-state index in [4.69, 9.17) is 0 Å². The van der Waals surface area contributed by atoms with Gasteiger partial charge in [-0.1, -0.05) is 24.3 Å². The van der Waals surface area contributed by atoms with Crippen molar-refractivity contribution in [1.82, 2.24) is 4.98 Å². The lowest BCUT2D eigenvalue weighted by Gasteiger charge is -2.20. The Kier molecular flexibility index (Phi) is 5.57. The van der Waals surface area contributed by atoms with Crippen LogP contribution in [0.5, 0.6) is 0 Å². The number of carboxylic acids is 1. The van der Waals surface area contributed by atoms with Crippen LogP contribution in [-0.2, 0) is 0 Å². The van der Waals surface area contributed by atoms with Gasteiger partial charge in [0.1, 0.15) is 5.82 Å². The van der Waals surface area contributed by atoms with Crippen LogP contribution in [0.15, 0.2) is 66.7 Å². The molecule has 0 bridgehead atoms. The van der Waals surface area contributed by atoms with Crippen molar-refractivity contribution < 1.29 is 14.3 Å². The van der Waals surface area contributed by atoms with Gasteiger partial charge in [0.2, 0.25) is 0 Å². The molecule has 158 valence electrons. The minimum Gasteiger partial charge on any atom is -0.478 e. The molecule has 2 N–H and O–H groups in total. The van der Waals surface area contributed by atoms with E-state index < -0.39 is 5.97 Å². The number of carbonyl (C=O) groups is 1. The van der Waals surface area contributed by atoms with Crippen molar-refractivity contribution in [3.05, 3.63) is 94.9 Å². The number of nitriles is 1. The maximum atomic E-state index is 13.4. The fourth-order valence-corrected chi connectivity index (χ4v) is 3.86. The number of rotatable bonds is 5. The van der Waals surface area contributed by atoms with Gasteiger partial charge in [-0.2, -0.15) is 5.26 Å². The van der Waals surface area contributed by atoms with E-state index in [-0.39, 0.29) is 17.4 Å². The molecule has 0 amide bonds. The minimum atomic E-state index is -1.01. The lowest BCUT2D eigenvalue weighted by Crippen LogP contribution is -2.11. The molecule has 0 aliphatic rings. The second-order valence-electron chi connectivity index (χ2n) is 7.60. The first kappa shape index (κ1) is 21.0. The summed E-state index contributed by atoms with van der Waals surface area (Å²) in [5, 5.41) is 23.3. The van der Waals surface area contributed by atoms with Gasteiger partial charge in [-0.3, -0.25) is 4.98 Å². The fourth-order valence-electron chi connectivity index (χ4n) is 3.86. The number of hydrogen-bond acceptors (Lipinski definition) is 4. The van der Waals surface area contributed by atoms with Gasteiger partial charge in [-0.05, 0) is 67.4 Å². The molecule has 0 radical (unpaired) electrons. The van der Waals surface area contributed by atoms with Crippen LogP contribution in [0.3, 0.4) is 0 Å². The molecule has 3 aromatic carbocycles. The summed E-state index contributed by atoms with van der Waals surface area (Å²) in [5.41, 5.74) is 4.94. The molecule has 4 rings (SSSR count). The summed E-state index contributed by atoms with van der Waals surface area (Å²) in [6, 6.07) is 20.3. The molecule has 0 spiro atoms. The van der Waals surface area contributed by atoms with E-state index in [1.807, 2.05) is 26.0 Å². The number of pyridine rings is 1.